The van der Waals surface area contributed by atoms with Gasteiger partial charge in [-0.1, -0.05) is 13.8 Å². The van der Waals surface area contributed by atoms with Crippen molar-refractivity contribution in [2.24, 2.45) is 5.92 Å². The predicted octanol–water partition coefficient (Wildman–Crippen LogP) is 4.30. The van der Waals surface area contributed by atoms with Crippen molar-refractivity contribution in [2.75, 3.05) is 35.7 Å². The Hall–Kier alpha value is -2.51. The summed E-state index contributed by atoms with van der Waals surface area (Å²) in [6.45, 7) is 5.25. The Kier molecular flexibility index (Phi) is 4.93. The van der Waals surface area contributed by atoms with E-state index in [1.807, 2.05) is 32.0 Å². The van der Waals surface area contributed by atoms with Gasteiger partial charge in [-0.25, -0.2) is 4.98 Å². The van der Waals surface area contributed by atoms with Crippen LogP contribution in [-0.2, 0) is 12.6 Å². The number of aromatic nitrogens is 2. The van der Waals surface area contributed by atoms with Crippen molar-refractivity contribution in [1.29, 1.82) is 0 Å². The Morgan fingerprint density at radius 3 is 2.77 bits per heavy atom. The molecule has 1 aromatic heterocycles. The van der Waals surface area contributed by atoms with E-state index in [2.05, 4.69) is 20.6 Å². The molecule has 0 radical (unpaired) electrons. The molecule has 1 aromatic carbocycles. The SMILES string of the molecule is CC(C)CN(C)c1nc(Nc2ccc3c(c2)CCN3)ncc1C(F)(F)F. The van der Waals surface area contributed by atoms with Gasteiger partial charge in [0.15, 0.2) is 0 Å². The average molecular weight is 365 g/mol. The molecular formula is C18H22F3N5. The van der Waals surface area contributed by atoms with Crippen LogP contribution in [-0.4, -0.2) is 30.1 Å². The standard InChI is InChI=1S/C18H22F3N5/c1-11(2)10-26(3)16-14(18(19,20)21)9-23-17(25-16)24-13-4-5-15-12(8-13)6-7-22-15/h4-5,8-9,11,22H,6-7,10H2,1-3H3,(H,23,24,25). The first-order valence-electron chi connectivity index (χ1n) is 8.53. The third-order valence-electron chi connectivity index (χ3n) is 4.15. The fourth-order valence-electron chi connectivity index (χ4n) is 3.07. The van der Waals surface area contributed by atoms with Gasteiger partial charge in [0.25, 0.3) is 0 Å². The first-order chi connectivity index (χ1) is 12.2. The smallest absolute Gasteiger partial charge is 0.384 e. The molecule has 0 fully saturated rings. The lowest BCUT2D eigenvalue weighted by Gasteiger charge is -2.24. The van der Waals surface area contributed by atoms with Crippen molar-refractivity contribution in [3.05, 3.63) is 35.5 Å². The lowest BCUT2D eigenvalue weighted by atomic mass is 10.1. The molecule has 0 amide bonds. The maximum absolute atomic E-state index is 13.3. The van der Waals surface area contributed by atoms with Crippen molar-refractivity contribution in [3.8, 4) is 0 Å². The molecule has 5 nitrogen and oxygen atoms in total. The average Bonchev–Trinajstić information content (AvgIpc) is 3.00. The van der Waals surface area contributed by atoms with Crippen LogP contribution in [0.3, 0.4) is 0 Å². The second-order valence-electron chi connectivity index (χ2n) is 6.88. The molecule has 140 valence electrons. The second kappa shape index (κ2) is 7.01. The fourth-order valence-corrected chi connectivity index (χ4v) is 3.07. The summed E-state index contributed by atoms with van der Waals surface area (Å²) in [5, 5.41) is 6.28. The Bertz CT molecular complexity index is 789. The molecule has 0 bridgehead atoms. The molecule has 2 heterocycles. The summed E-state index contributed by atoms with van der Waals surface area (Å²) in [5.41, 5.74) is 2.18. The van der Waals surface area contributed by atoms with Gasteiger partial charge in [0.2, 0.25) is 5.95 Å². The van der Waals surface area contributed by atoms with Gasteiger partial charge in [0, 0.05) is 37.7 Å². The highest BCUT2D eigenvalue weighted by atomic mass is 19.4. The molecule has 3 rings (SSSR count). The largest absolute Gasteiger partial charge is 0.421 e. The van der Waals surface area contributed by atoms with Gasteiger partial charge in [-0.3, -0.25) is 0 Å². The molecule has 0 unspecified atom stereocenters. The van der Waals surface area contributed by atoms with Crippen molar-refractivity contribution in [3.63, 3.8) is 0 Å². The third kappa shape index (κ3) is 4.00. The summed E-state index contributed by atoms with van der Waals surface area (Å²) in [6.07, 6.45) is -2.74. The maximum Gasteiger partial charge on any atom is 0.421 e. The highest BCUT2D eigenvalue weighted by Gasteiger charge is 2.36. The van der Waals surface area contributed by atoms with Gasteiger partial charge in [-0.2, -0.15) is 18.2 Å². The van der Waals surface area contributed by atoms with Gasteiger partial charge < -0.3 is 15.5 Å². The van der Waals surface area contributed by atoms with Gasteiger partial charge in [0.1, 0.15) is 11.4 Å². The van der Waals surface area contributed by atoms with Crippen LogP contribution in [0.15, 0.2) is 24.4 Å². The number of fused-ring (bicyclic) bond motifs is 1. The third-order valence-corrected chi connectivity index (χ3v) is 4.15. The molecule has 2 N–H and O–H groups in total. The monoisotopic (exact) mass is 365 g/mol. The summed E-state index contributed by atoms with van der Waals surface area (Å²) < 4.78 is 40.0. The first kappa shape index (κ1) is 18.3. The lowest BCUT2D eigenvalue weighted by Crippen LogP contribution is -2.27. The van der Waals surface area contributed by atoms with E-state index >= 15 is 0 Å². The van der Waals surface area contributed by atoms with Crippen LogP contribution in [0.1, 0.15) is 25.0 Å². The molecule has 0 aliphatic carbocycles. The van der Waals surface area contributed by atoms with E-state index in [-0.39, 0.29) is 17.7 Å². The number of alkyl halides is 3. The molecule has 0 atom stereocenters. The number of hydrogen-bond donors (Lipinski definition) is 2. The number of anilines is 4. The molecule has 8 heteroatoms. The Morgan fingerprint density at radius 1 is 1.31 bits per heavy atom. The second-order valence-corrected chi connectivity index (χ2v) is 6.88. The topological polar surface area (TPSA) is 53.1 Å². The van der Waals surface area contributed by atoms with Crippen LogP contribution >= 0.6 is 0 Å². The van der Waals surface area contributed by atoms with Crippen molar-refractivity contribution >= 4 is 23.1 Å². The fraction of sp³-hybridized carbons (Fsp3) is 0.444. The zero-order chi connectivity index (χ0) is 18.9. The van der Waals surface area contributed by atoms with Crippen LogP contribution in [0.2, 0.25) is 0 Å². The minimum Gasteiger partial charge on any atom is -0.384 e. The molecular weight excluding hydrogens is 343 g/mol. The number of nitrogens with one attached hydrogen (secondary N) is 2. The predicted molar refractivity (Wildman–Crippen MR) is 97.1 cm³/mol. The minimum absolute atomic E-state index is 0.119. The van der Waals surface area contributed by atoms with Crippen LogP contribution in [0.5, 0.6) is 0 Å². The number of benzene rings is 1. The minimum atomic E-state index is -4.50. The first-order valence-corrected chi connectivity index (χ1v) is 8.53. The van der Waals surface area contributed by atoms with Crippen molar-refractivity contribution in [2.45, 2.75) is 26.4 Å². The Labute approximate surface area is 150 Å². The summed E-state index contributed by atoms with van der Waals surface area (Å²) in [6, 6.07) is 5.77. The normalized spacial score (nSPS) is 13.5. The molecule has 26 heavy (non-hydrogen) atoms. The van der Waals surface area contributed by atoms with Gasteiger partial charge >= 0.3 is 6.18 Å². The highest BCUT2D eigenvalue weighted by molar-refractivity contribution is 5.65. The van der Waals surface area contributed by atoms with E-state index in [1.165, 1.54) is 10.5 Å². The van der Waals surface area contributed by atoms with Crippen molar-refractivity contribution in [1.82, 2.24) is 9.97 Å². The number of halogens is 3. The Balaban J connectivity index is 1.90. The molecule has 2 aromatic rings. The zero-order valence-corrected chi connectivity index (χ0v) is 15.0. The van der Waals surface area contributed by atoms with Gasteiger partial charge in [-0.15, -0.1) is 0 Å². The van der Waals surface area contributed by atoms with Gasteiger partial charge in [-0.05, 0) is 36.1 Å². The maximum atomic E-state index is 13.3. The highest BCUT2D eigenvalue weighted by Crippen LogP contribution is 2.36. The van der Waals surface area contributed by atoms with E-state index in [1.54, 1.807) is 7.05 Å². The van der Waals surface area contributed by atoms with Crippen LogP contribution in [0.25, 0.3) is 0 Å². The Morgan fingerprint density at radius 2 is 2.08 bits per heavy atom. The van der Waals surface area contributed by atoms with E-state index in [0.717, 1.165) is 30.5 Å². The molecule has 1 aliphatic heterocycles. The number of nitrogens with zero attached hydrogens (tertiary/aromatic N) is 3. The van der Waals surface area contributed by atoms with Crippen LogP contribution in [0.4, 0.5) is 36.3 Å². The zero-order valence-electron chi connectivity index (χ0n) is 15.0. The number of hydrogen-bond acceptors (Lipinski definition) is 5. The van der Waals surface area contributed by atoms with E-state index in [4.69, 9.17) is 0 Å². The van der Waals surface area contributed by atoms with E-state index < -0.39 is 11.7 Å². The van der Waals surface area contributed by atoms with E-state index in [0.29, 0.717) is 6.54 Å². The molecule has 1 aliphatic rings. The quantitative estimate of drug-likeness (QED) is 0.827. The lowest BCUT2D eigenvalue weighted by molar-refractivity contribution is -0.137. The summed E-state index contributed by atoms with van der Waals surface area (Å²) in [4.78, 5) is 9.54. The van der Waals surface area contributed by atoms with Gasteiger partial charge in [0.05, 0.1) is 0 Å². The summed E-state index contributed by atoms with van der Waals surface area (Å²) in [5.74, 6) is 0.234. The van der Waals surface area contributed by atoms with Crippen molar-refractivity contribution < 1.29 is 13.2 Å². The van der Waals surface area contributed by atoms with Crippen LogP contribution < -0.4 is 15.5 Å². The molecule has 0 saturated heterocycles. The van der Waals surface area contributed by atoms with Crippen LogP contribution in [0, 0.1) is 5.92 Å². The molecule has 0 saturated carbocycles. The summed E-state index contributed by atoms with van der Waals surface area (Å²) in [7, 11) is 1.61. The summed E-state index contributed by atoms with van der Waals surface area (Å²) >= 11 is 0. The van der Waals surface area contributed by atoms with E-state index in [9.17, 15) is 13.2 Å². The molecule has 0 spiro atoms. The number of rotatable bonds is 5.